The average molecular weight is 275 g/mol. The zero-order chi connectivity index (χ0) is 12.9. The molecule has 17 heavy (non-hydrogen) atoms. The normalized spacial score (nSPS) is 13.8. The predicted molar refractivity (Wildman–Crippen MR) is 74.2 cm³/mol. The Labute approximate surface area is 108 Å². The molecule has 0 aliphatic carbocycles. The molecule has 0 aliphatic rings. The van der Waals surface area contributed by atoms with Crippen molar-refractivity contribution in [3.63, 3.8) is 0 Å². The molecule has 1 rings (SSSR count). The van der Waals surface area contributed by atoms with Crippen LogP contribution in [-0.2, 0) is 16.3 Å². The molecule has 0 aliphatic heterocycles. The fourth-order valence-electron chi connectivity index (χ4n) is 1.76. The number of sulfone groups is 1. The molecule has 0 fully saturated rings. The van der Waals surface area contributed by atoms with Crippen molar-refractivity contribution in [3.8, 4) is 0 Å². The molecule has 0 amide bonds. The fourth-order valence-corrected chi connectivity index (χ4v) is 3.69. The highest BCUT2D eigenvalue weighted by Crippen LogP contribution is 2.26. The summed E-state index contributed by atoms with van der Waals surface area (Å²) in [7, 11) is -2.85. The molecule has 1 heterocycles. The molecule has 0 bridgehead atoms. The fraction of sp³-hybridized carbons (Fsp3) is 0.667. The second kappa shape index (κ2) is 6.52. The number of hydrogen-bond acceptors (Lipinski definition) is 4. The van der Waals surface area contributed by atoms with Crippen molar-refractivity contribution < 1.29 is 8.42 Å². The van der Waals surface area contributed by atoms with Gasteiger partial charge >= 0.3 is 0 Å². The van der Waals surface area contributed by atoms with Gasteiger partial charge in [-0.15, -0.1) is 11.3 Å². The summed E-state index contributed by atoms with van der Waals surface area (Å²) in [6, 6.07) is 2.08. The SMILES string of the molecule is CCc1ccsc1C(N)CCCS(=O)(=O)CC. The standard InChI is InChI=1S/C12H21NO2S2/c1-3-10-7-8-16-12(10)11(13)6-5-9-17(14,15)4-2/h7-8,11H,3-6,9,13H2,1-2H3. The van der Waals surface area contributed by atoms with Gasteiger partial charge in [0, 0.05) is 16.7 Å². The van der Waals surface area contributed by atoms with Gasteiger partial charge in [-0.2, -0.15) is 0 Å². The highest BCUT2D eigenvalue weighted by molar-refractivity contribution is 7.91. The smallest absolute Gasteiger partial charge is 0.150 e. The molecular formula is C12H21NO2S2. The second-order valence-corrected chi connectivity index (χ2v) is 7.57. The zero-order valence-electron chi connectivity index (χ0n) is 10.5. The van der Waals surface area contributed by atoms with Gasteiger partial charge in [0.25, 0.3) is 0 Å². The number of rotatable bonds is 7. The van der Waals surface area contributed by atoms with Crippen LogP contribution in [0, 0.1) is 0 Å². The van der Waals surface area contributed by atoms with E-state index in [4.69, 9.17) is 5.73 Å². The molecule has 1 aromatic rings. The van der Waals surface area contributed by atoms with Crippen LogP contribution in [0.3, 0.4) is 0 Å². The highest BCUT2D eigenvalue weighted by Gasteiger charge is 2.13. The van der Waals surface area contributed by atoms with E-state index in [9.17, 15) is 8.42 Å². The molecule has 0 saturated carbocycles. The van der Waals surface area contributed by atoms with E-state index in [1.165, 1.54) is 10.4 Å². The monoisotopic (exact) mass is 275 g/mol. The Morgan fingerprint density at radius 1 is 1.41 bits per heavy atom. The topological polar surface area (TPSA) is 60.2 Å². The molecule has 1 unspecified atom stereocenters. The van der Waals surface area contributed by atoms with Gasteiger partial charge in [-0.05, 0) is 36.3 Å². The quantitative estimate of drug-likeness (QED) is 0.832. The van der Waals surface area contributed by atoms with Gasteiger partial charge in [0.2, 0.25) is 0 Å². The maximum Gasteiger partial charge on any atom is 0.150 e. The third-order valence-corrected chi connectivity index (χ3v) is 5.79. The molecule has 1 aromatic heterocycles. The first kappa shape index (κ1) is 14.7. The summed E-state index contributed by atoms with van der Waals surface area (Å²) in [6.45, 7) is 3.80. The first-order valence-electron chi connectivity index (χ1n) is 6.02. The van der Waals surface area contributed by atoms with E-state index in [0.29, 0.717) is 6.42 Å². The lowest BCUT2D eigenvalue weighted by atomic mass is 10.1. The minimum atomic E-state index is -2.85. The van der Waals surface area contributed by atoms with Crippen molar-refractivity contribution in [2.75, 3.05) is 11.5 Å². The van der Waals surface area contributed by atoms with Gasteiger partial charge in [0.1, 0.15) is 9.84 Å². The number of hydrogen-bond donors (Lipinski definition) is 1. The van der Waals surface area contributed by atoms with Crippen LogP contribution in [0.15, 0.2) is 11.4 Å². The van der Waals surface area contributed by atoms with Crippen LogP contribution >= 0.6 is 11.3 Å². The lowest BCUT2D eigenvalue weighted by Crippen LogP contribution is -2.14. The summed E-state index contributed by atoms with van der Waals surface area (Å²) < 4.78 is 22.7. The number of thiophene rings is 1. The minimum absolute atomic E-state index is 0.0167. The largest absolute Gasteiger partial charge is 0.323 e. The minimum Gasteiger partial charge on any atom is -0.323 e. The Hall–Kier alpha value is -0.390. The van der Waals surface area contributed by atoms with Gasteiger partial charge < -0.3 is 5.73 Å². The Morgan fingerprint density at radius 2 is 2.12 bits per heavy atom. The van der Waals surface area contributed by atoms with Crippen molar-refractivity contribution in [1.29, 1.82) is 0 Å². The van der Waals surface area contributed by atoms with Crippen molar-refractivity contribution >= 4 is 21.2 Å². The lowest BCUT2D eigenvalue weighted by Gasteiger charge is -2.11. The molecule has 5 heteroatoms. The Morgan fingerprint density at radius 3 is 2.71 bits per heavy atom. The van der Waals surface area contributed by atoms with Gasteiger partial charge in [0.05, 0.1) is 5.75 Å². The maximum atomic E-state index is 11.4. The van der Waals surface area contributed by atoms with Crippen LogP contribution in [0.1, 0.15) is 43.2 Å². The third kappa shape index (κ3) is 4.41. The maximum absolute atomic E-state index is 11.4. The van der Waals surface area contributed by atoms with E-state index < -0.39 is 9.84 Å². The Bertz CT molecular complexity index is 437. The van der Waals surface area contributed by atoms with Gasteiger partial charge in [-0.3, -0.25) is 0 Å². The highest BCUT2D eigenvalue weighted by atomic mass is 32.2. The number of nitrogens with two attached hydrogens (primary N) is 1. The van der Waals surface area contributed by atoms with Crippen LogP contribution in [0.5, 0.6) is 0 Å². The number of aryl methyl sites for hydroxylation is 1. The van der Waals surface area contributed by atoms with Crippen molar-refractivity contribution in [2.45, 2.75) is 39.2 Å². The molecular weight excluding hydrogens is 254 g/mol. The molecule has 0 saturated heterocycles. The first-order chi connectivity index (χ1) is 8.00. The van der Waals surface area contributed by atoms with Crippen LogP contribution in [0.25, 0.3) is 0 Å². The Kier molecular flexibility index (Phi) is 5.62. The van der Waals surface area contributed by atoms with Gasteiger partial charge in [-0.1, -0.05) is 13.8 Å². The van der Waals surface area contributed by atoms with E-state index in [1.54, 1.807) is 18.3 Å². The Balaban J connectivity index is 2.48. The van der Waals surface area contributed by atoms with Crippen molar-refractivity contribution in [1.82, 2.24) is 0 Å². The molecule has 1 atom stereocenters. The van der Waals surface area contributed by atoms with E-state index in [1.807, 2.05) is 0 Å². The van der Waals surface area contributed by atoms with E-state index in [0.717, 1.165) is 12.8 Å². The van der Waals surface area contributed by atoms with E-state index >= 15 is 0 Å². The molecule has 3 nitrogen and oxygen atoms in total. The summed E-state index contributed by atoms with van der Waals surface area (Å²) in [6.07, 6.45) is 2.38. The zero-order valence-corrected chi connectivity index (χ0v) is 12.1. The summed E-state index contributed by atoms with van der Waals surface area (Å²) in [5.74, 6) is 0.478. The van der Waals surface area contributed by atoms with Gasteiger partial charge in [0.15, 0.2) is 0 Å². The molecule has 0 radical (unpaired) electrons. The lowest BCUT2D eigenvalue weighted by molar-refractivity contribution is 0.585. The first-order valence-corrected chi connectivity index (χ1v) is 8.72. The van der Waals surface area contributed by atoms with Crippen LogP contribution in [0.4, 0.5) is 0 Å². The van der Waals surface area contributed by atoms with E-state index in [-0.39, 0.29) is 17.5 Å². The summed E-state index contributed by atoms with van der Waals surface area (Å²) in [5.41, 5.74) is 7.39. The predicted octanol–water partition coefficient (Wildman–Crippen LogP) is 2.53. The summed E-state index contributed by atoms with van der Waals surface area (Å²) >= 11 is 1.67. The molecule has 0 aromatic carbocycles. The van der Waals surface area contributed by atoms with Crippen LogP contribution < -0.4 is 5.73 Å². The average Bonchev–Trinajstić information content (AvgIpc) is 2.76. The van der Waals surface area contributed by atoms with Crippen molar-refractivity contribution in [2.24, 2.45) is 5.73 Å². The van der Waals surface area contributed by atoms with Crippen LogP contribution in [-0.4, -0.2) is 19.9 Å². The molecule has 2 N–H and O–H groups in total. The second-order valence-electron chi connectivity index (χ2n) is 4.15. The third-order valence-electron chi connectivity index (χ3n) is 2.91. The molecule has 0 spiro atoms. The van der Waals surface area contributed by atoms with E-state index in [2.05, 4.69) is 18.4 Å². The van der Waals surface area contributed by atoms with Gasteiger partial charge in [-0.25, -0.2) is 8.42 Å². The summed E-state index contributed by atoms with van der Waals surface area (Å²) in [4.78, 5) is 1.21. The van der Waals surface area contributed by atoms with Crippen LogP contribution in [0.2, 0.25) is 0 Å². The molecule has 98 valence electrons. The summed E-state index contributed by atoms with van der Waals surface area (Å²) in [5, 5.41) is 2.05. The van der Waals surface area contributed by atoms with Crippen molar-refractivity contribution in [3.05, 3.63) is 21.9 Å².